The van der Waals surface area contributed by atoms with Gasteiger partial charge in [-0.2, -0.15) is 0 Å². The lowest BCUT2D eigenvalue weighted by molar-refractivity contribution is -0.125. The molecule has 4 nitrogen and oxygen atoms in total. The fourth-order valence-electron chi connectivity index (χ4n) is 1.92. The summed E-state index contributed by atoms with van der Waals surface area (Å²) in [5, 5.41) is 3.16. The number of carbonyl (C=O) groups is 1. The summed E-state index contributed by atoms with van der Waals surface area (Å²) < 4.78 is 5.78. The van der Waals surface area contributed by atoms with Gasteiger partial charge in [0, 0.05) is 6.04 Å². The van der Waals surface area contributed by atoms with Gasteiger partial charge in [0.15, 0.2) is 0 Å². The number of benzene rings is 1. The van der Waals surface area contributed by atoms with Gasteiger partial charge in [0.05, 0.1) is 0 Å². The minimum absolute atomic E-state index is 0.153. The first-order valence-corrected chi connectivity index (χ1v) is 6.53. The average Bonchev–Trinajstić information content (AvgIpc) is 2.30. The van der Waals surface area contributed by atoms with E-state index in [2.05, 4.69) is 5.32 Å². The second-order valence-corrected chi connectivity index (χ2v) is 5.48. The Bertz CT molecular complexity index is 457. The molecule has 1 aromatic rings. The number of primary amides is 1. The zero-order chi connectivity index (χ0) is 14.6. The van der Waals surface area contributed by atoms with Gasteiger partial charge in [0.2, 0.25) is 5.91 Å². The second kappa shape index (κ2) is 6.06. The first-order valence-electron chi connectivity index (χ1n) is 6.53. The Morgan fingerprint density at radius 2 is 2.05 bits per heavy atom. The number of hydrogen-bond donors (Lipinski definition) is 2. The van der Waals surface area contributed by atoms with E-state index in [1.807, 2.05) is 45.9 Å². The van der Waals surface area contributed by atoms with Crippen LogP contribution in [0, 0.1) is 13.8 Å². The summed E-state index contributed by atoms with van der Waals surface area (Å²) >= 11 is 0. The molecule has 0 radical (unpaired) electrons. The third kappa shape index (κ3) is 3.96. The molecule has 0 aliphatic rings. The van der Waals surface area contributed by atoms with Gasteiger partial charge in [-0.15, -0.1) is 0 Å². The molecule has 0 saturated carbocycles. The average molecular weight is 264 g/mol. The summed E-state index contributed by atoms with van der Waals surface area (Å²) in [6, 6.07) is 6.02. The maximum Gasteiger partial charge on any atom is 0.240 e. The SMILES string of the molecule is Cc1cccc(OCC(C)(NC(C)C)C(N)=O)c1C. The number of carbonyl (C=O) groups excluding carboxylic acids is 1. The van der Waals surface area contributed by atoms with Crippen molar-refractivity contribution in [1.29, 1.82) is 0 Å². The third-order valence-electron chi connectivity index (χ3n) is 3.22. The monoisotopic (exact) mass is 264 g/mol. The van der Waals surface area contributed by atoms with Crippen LogP contribution in [0.4, 0.5) is 0 Å². The van der Waals surface area contributed by atoms with E-state index in [9.17, 15) is 4.79 Å². The molecule has 106 valence electrons. The van der Waals surface area contributed by atoms with E-state index >= 15 is 0 Å². The molecule has 1 rings (SSSR count). The summed E-state index contributed by atoms with van der Waals surface area (Å²) in [5.74, 6) is 0.379. The highest BCUT2D eigenvalue weighted by molar-refractivity contribution is 5.84. The van der Waals surface area contributed by atoms with Gasteiger partial charge in [0.1, 0.15) is 17.9 Å². The number of nitrogens with one attached hydrogen (secondary N) is 1. The van der Waals surface area contributed by atoms with Crippen LogP contribution < -0.4 is 15.8 Å². The molecule has 1 atom stereocenters. The van der Waals surface area contributed by atoms with Crippen molar-refractivity contribution in [2.24, 2.45) is 5.73 Å². The molecule has 0 aliphatic carbocycles. The number of aryl methyl sites for hydroxylation is 1. The maximum atomic E-state index is 11.6. The lowest BCUT2D eigenvalue weighted by atomic mass is 10.0. The molecule has 0 heterocycles. The molecule has 4 heteroatoms. The largest absolute Gasteiger partial charge is 0.491 e. The number of amides is 1. The van der Waals surface area contributed by atoms with Crippen molar-refractivity contribution in [2.45, 2.75) is 46.2 Å². The topological polar surface area (TPSA) is 64.3 Å². The lowest BCUT2D eigenvalue weighted by Gasteiger charge is -2.30. The molecule has 1 unspecified atom stereocenters. The van der Waals surface area contributed by atoms with Crippen LogP contribution in [0.5, 0.6) is 5.75 Å². The minimum atomic E-state index is -0.871. The number of rotatable bonds is 6. The van der Waals surface area contributed by atoms with E-state index in [0.717, 1.165) is 16.9 Å². The van der Waals surface area contributed by atoms with E-state index in [1.54, 1.807) is 6.92 Å². The van der Waals surface area contributed by atoms with E-state index in [-0.39, 0.29) is 12.6 Å². The Morgan fingerprint density at radius 3 is 2.58 bits per heavy atom. The van der Waals surface area contributed by atoms with E-state index in [1.165, 1.54) is 0 Å². The maximum absolute atomic E-state index is 11.6. The van der Waals surface area contributed by atoms with Crippen molar-refractivity contribution in [2.75, 3.05) is 6.61 Å². The lowest BCUT2D eigenvalue weighted by Crippen LogP contribution is -2.59. The Kier molecular flexibility index (Phi) is 4.95. The Labute approximate surface area is 115 Å². The molecule has 1 amide bonds. The predicted molar refractivity (Wildman–Crippen MR) is 77.3 cm³/mol. The molecule has 0 spiro atoms. The van der Waals surface area contributed by atoms with Crippen LogP contribution in [-0.2, 0) is 4.79 Å². The van der Waals surface area contributed by atoms with Gasteiger partial charge in [-0.1, -0.05) is 12.1 Å². The van der Waals surface area contributed by atoms with Crippen LogP contribution in [-0.4, -0.2) is 24.1 Å². The molecule has 3 N–H and O–H groups in total. The summed E-state index contributed by atoms with van der Waals surface area (Å²) in [6.45, 7) is 9.95. The normalized spacial score (nSPS) is 14.2. The first kappa shape index (κ1) is 15.5. The Morgan fingerprint density at radius 1 is 1.42 bits per heavy atom. The van der Waals surface area contributed by atoms with Crippen molar-refractivity contribution >= 4 is 5.91 Å². The predicted octanol–water partition coefficient (Wildman–Crippen LogP) is 1.92. The van der Waals surface area contributed by atoms with E-state index in [4.69, 9.17) is 10.5 Å². The van der Waals surface area contributed by atoms with Crippen LogP contribution in [0.25, 0.3) is 0 Å². The number of nitrogens with two attached hydrogens (primary N) is 1. The van der Waals surface area contributed by atoms with Crippen molar-refractivity contribution in [1.82, 2.24) is 5.32 Å². The molecule has 0 aliphatic heterocycles. The summed E-state index contributed by atoms with van der Waals surface area (Å²) in [7, 11) is 0. The first-order chi connectivity index (χ1) is 8.76. The summed E-state index contributed by atoms with van der Waals surface area (Å²) in [6.07, 6.45) is 0. The minimum Gasteiger partial charge on any atom is -0.491 e. The third-order valence-corrected chi connectivity index (χ3v) is 3.22. The fourth-order valence-corrected chi connectivity index (χ4v) is 1.92. The van der Waals surface area contributed by atoms with Crippen molar-refractivity contribution in [3.05, 3.63) is 29.3 Å². The molecule has 19 heavy (non-hydrogen) atoms. The van der Waals surface area contributed by atoms with Gasteiger partial charge in [-0.05, 0) is 51.8 Å². The van der Waals surface area contributed by atoms with Crippen LogP contribution >= 0.6 is 0 Å². The summed E-state index contributed by atoms with van der Waals surface area (Å²) in [4.78, 5) is 11.6. The van der Waals surface area contributed by atoms with Crippen molar-refractivity contribution in [3.63, 3.8) is 0 Å². The highest BCUT2D eigenvalue weighted by Gasteiger charge is 2.32. The second-order valence-electron chi connectivity index (χ2n) is 5.48. The molecule has 0 saturated heterocycles. The van der Waals surface area contributed by atoms with Gasteiger partial charge >= 0.3 is 0 Å². The molecular formula is C15H24N2O2. The Hall–Kier alpha value is -1.55. The van der Waals surface area contributed by atoms with Crippen LogP contribution in [0.2, 0.25) is 0 Å². The van der Waals surface area contributed by atoms with Crippen LogP contribution in [0.1, 0.15) is 31.9 Å². The fraction of sp³-hybridized carbons (Fsp3) is 0.533. The van der Waals surface area contributed by atoms with E-state index in [0.29, 0.717) is 0 Å². The standard InChI is InChI=1S/C15H24N2O2/c1-10(2)17-15(5,14(16)18)9-19-13-8-6-7-11(3)12(13)4/h6-8,10,17H,9H2,1-5H3,(H2,16,18). The number of hydrogen-bond acceptors (Lipinski definition) is 3. The molecule has 1 aromatic carbocycles. The van der Waals surface area contributed by atoms with Gasteiger partial charge in [-0.25, -0.2) is 0 Å². The highest BCUT2D eigenvalue weighted by Crippen LogP contribution is 2.21. The number of ether oxygens (including phenoxy) is 1. The summed E-state index contributed by atoms with van der Waals surface area (Å²) in [5.41, 5.74) is 6.84. The molecule has 0 aromatic heterocycles. The zero-order valence-corrected chi connectivity index (χ0v) is 12.4. The van der Waals surface area contributed by atoms with Gasteiger partial charge < -0.3 is 10.5 Å². The van der Waals surface area contributed by atoms with Crippen molar-refractivity contribution in [3.8, 4) is 5.75 Å². The zero-order valence-electron chi connectivity index (χ0n) is 12.4. The molecule has 0 fully saturated rings. The van der Waals surface area contributed by atoms with Crippen LogP contribution in [0.3, 0.4) is 0 Å². The van der Waals surface area contributed by atoms with Gasteiger partial charge in [-0.3, -0.25) is 10.1 Å². The molecular weight excluding hydrogens is 240 g/mol. The van der Waals surface area contributed by atoms with Gasteiger partial charge in [0.25, 0.3) is 0 Å². The molecule has 0 bridgehead atoms. The van der Waals surface area contributed by atoms with E-state index < -0.39 is 11.4 Å². The Balaban J connectivity index is 2.82. The quantitative estimate of drug-likeness (QED) is 0.825. The highest BCUT2D eigenvalue weighted by atomic mass is 16.5. The van der Waals surface area contributed by atoms with Crippen LogP contribution in [0.15, 0.2) is 18.2 Å². The van der Waals surface area contributed by atoms with Crippen molar-refractivity contribution < 1.29 is 9.53 Å². The smallest absolute Gasteiger partial charge is 0.240 e.